The second-order valence-electron chi connectivity index (χ2n) is 5.26. The Bertz CT molecular complexity index is 420. The van der Waals surface area contributed by atoms with Crippen molar-refractivity contribution in [2.75, 3.05) is 6.54 Å². The van der Waals surface area contributed by atoms with E-state index in [1.807, 2.05) is 38.1 Å². The molecule has 0 saturated heterocycles. The van der Waals surface area contributed by atoms with Gasteiger partial charge in [0, 0.05) is 17.1 Å². The summed E-state index contributed by atoms with van der Waals surface area (Å²) in [4.78, 5) is 11.8. The summed E-state index contributed by atoms with van der Waals surface area (Å²) in [6.45, 7) is 8.53. The van der Waals surface area contributed by atoms with E-state index in [2.05, 4.69) is 24.5 Å². The number of benzene rings is 1. The number of rotatable bonds is 6. The minimum Gasteiger partial charge on any atom is -0.352 e. The molecule has 106 valence electrons. The molecule has 0 radical (unpaired) electrons. The van der Waals surface area contributed by atoms with Gasteiger partial charge in [-0.3, -0.25) is 4.79 Å². The third-order valence-corrected chi connectivity index (χ3v) is 3.54. The maximum Gasteiger partial charge on any atom is 0.234 e. The molecule has 1 aromatic carbocycles. The first-order chi connectivity index (χ1) is 8.90. The average molecular weight is 283 g/mol. The second kappa shape index (κ2) is 7.51. The lowest BCUT2D eigenvalue weighted by atomic mass is 10.1. The lowest BCUT2D eigenvalue weighted by Gasteiger charge is -2.19. The maximum atomic E-state index is 11.8. The SMILES string of the molecule is CC(C)C(C)NC(=O)CN[C@H](C)c1cccc(Cl)c1. The van der Waals surface area contributed by atoms with Crippen molar-refractivity contribution in [2.45, 2.75) is 39.8 Å². The first-order valence-corrected chi connectivity index (χ1v) is 7.06. The molecular formula is C15H23ClN2O. The van der Waals surface area contributed by atoms with Crippen LogP contribution in [0, 0.1) is 5.92 Å². The van der Waals surface area contributed by atoms with E-state index in [9.17, 15) is 4.79 Å². The fraction of sp³-hybridized carbons (Fsp3) is 0.533. The van der Waals surface area contributed by atoms with Gasteiger partial charge in [-0.15, -0.1) is 0 Å². The molecule has 1 unspecified atom stereocenters. The monoisotopic (exact) mass is 282 g/mol. The van der Waals surface area contributed by atoms with E-state index in [1.165, 1.54) is 0 Å². The van der Waals surface area contributed by atoms with Gasteiger partial charge in [-0.05, 0) is 37.5 Å². The highest BCUT2D eigenvalue weighted by Crippen LogP contribution is 2.16. The van der Waals surface area contributed by atoms with E-state index in [0.717, 1.165) is 5.56 Å². The summed E-state index contributed by atoms with van der Waals surface area (Å²) in [5.74, 6) is 0.462. The van der Waals surface area contributed by atoms with Gasteiger partial charge in [0.1, 0.15) is 0 Å². The largest absolute Gasteiger partial charge is 0.352 e. The molecule has 0 aliphatic rings. The van der Waals surface area contributed by atoms with Crippen LogP contribution in [-0.2, 0) is 4.79 Å². The number of hydrogen-bond acceptors (Lipinski definition) is 2. The van der Waals surface area contributed by atoms with Crippen LogP contribution < -0.4 is 10.6 Å². The standard InChI is InChI=1S/C15H23ClN2O/c1-10(2)11(3)18-15(19)9-17-12(4)13-6-5-7-14(16)8-13/h5-8,10-12,17H,9H2,1-4H3,(H,18,19)/t11?,12-/m1/s1. The molecule has 2 N–H and O–H groups in total. The van der Waals surface area contributed by atoms with Crippen LogP contribution in [0.5, 0.6) is 0 Å². The zero-order valence-electron chi connectivity index (χ0n) is 12.0. The average Bonchev–Trinajstić information content (AvgIpc) is 2.35. The van der Waals surface area contributed by atoms with Crippen LogP contribution in [0.1, 0.15) is 39.3 Å². The van der Waals surface area contributed by atoms with Gasteiger partial charge in [0.15, 0.2) is 0 Å². The molecule has 19 heavy (non-hydrogen) atoms. The molecule has 0 spiro atoms. The maximum absolute atomic E-state index is 11.8. The molecule has 0 aliphatic carbocycles. The molecular weight excluding hydrogens is 260 g/mol. The zero-order valence-corrected chi connectivity index (χ0v) is 12.8. The third kappa shape index (κ3) is 5.62. The van der Waals surface area contributed by atoms with Gasteiger partial charge in [-0.25, -0.2) is 0 Å². The van der Waals surface area contributed by atoms with Crippen LogP contribution in [0.25, 0.3) is 0 Å². The van der Waals surface area contributed by atoms with E-state index in [0.29, 0.717) is 17.5 Å². The van der Waals surface area contributed by atoms with E-state index < -0.39 is 0 Å². The van der Waals surface area contributed by atoms with Crippen LogP contribution >= 0.6 is 11.6 Å². The van der Waals surface area contributed by atoms with E-state index in [4.69, 9.17) is 11.6 Å². The summed E-state index contributed by atoms with van der Waals surface area (Å²) in [5.41, 5.74) is 1.08. The first-order valence-electron chi connectivity index (χ1n) is 6.68. The Kier molecular flexibility index (Phi) is 6.32. The summed E-state index contributed by atoms with van der Waals surface area (Å²) in [6, 6.07) is 7.95. The molecule has 1 amide bonds. The fourth-order valence-electron chi connectivity index (χ4n) is 1.61. The molecule has 0 saturated carbocycles. The molecule has 3 nitrogen and oxygen atoms in total. The van der Waals surface area contributed by atoms with Gasteiger partial charge < -0.3 is 10.6 Å². The number of halogens is 1. The van der Waals surface area contributed by atoms with Crippen LogP contribution in [0.2, 0.25) is 5.02 Å². The van der Waals surface area contributed by atoms with E-state index in [1.54, 1.807) is 0 Å². The van der Waals surface area contributed by atoms with Gasteiger partial charge >= 0.3 is 0 Å². The molecule has 0 bridgehead atoms. The predicted molar refractivity (Wildman–Crippen MR) is 80.3 cm³/mol. The highest BCUT2D eigenvalue weighted by Gasteiger charge is 2.12. The van der Waals surface area contributed by atoms with Crippen molar-refractivity contribution in [3.05, 3.63) is 34.9 Å². The lowest BCUT2D eigenvalue weighted by molar-refractivity contribution is -0.121. The number of carbonyl (C=O) groups is 1. The molecule has 4 heteroatoms. The number of carbonyl (C=O) groups excluding carboxylic acids is 1. The summed E-state index contributed by atoms with van der Waals surface area (Å²) < 4.78 is 0. The van der Waals surface area contributed by atoms with Crippen molar-refractivity contribution < 1.29 is 4.79 Å². The Morgan fingerprint density at radius 2 is 1.95 bits per heavy atom. The second-order valence-corrected chi connectivity index (χ2v) is 5.69. The molecule has 0 aromatic heterocycles. The molecule has 1 aromatic rings. The normalized spacial score (nSPS) is 14.2. The van der Waals surface area contributed by atoms with Crippen LogP contribution in [0.4, 0.5) is 0 Å². The van der Waals surface area contributed by atoms with E-state index >= 15 is 0 Å². The van der Waals surface area contributed by atoms with Gasteiger partial charge in [0.2, 0.25) is 5.91 Å². The molecule has 2 atom stereocenters. The van der Waals surface area contributed by atoms with Crippen LogP contribution in [0.3, 0.4) is 0 Å². The minimum absolute atomic E-state index is 0.0232. The summed E-state index contributed by atoms with van der Waals surface area (Å²) in [7, 11) is 0. The van der Waals surface area contributed by atoms with Gasteiger partial charge in [-0.2, -0.15) is 0 Å². The Morgan fingerprint density at radius 1 is 1.26 bits per heavy atom. The highest BCUT2D eigenvalue weighted by molar-refractivity contribution is 6.30. The van der Waals surface area contributed by atoms with Crippen molar-refractivity contribution in [3.8, 4) is 0 Å². The Labute approximate surface area is 120 Å². The first kappa shape index (κ1) is 16.0. The Hall–Kier alpha value is -1.06. The van der Waals surface area contributed by atoms with Crippen molar-refractivity contribution in [1.29, 1.82) is 0 Å². The van der Waals surface area contributed by atoms with Gasteiger partial charge in [-0.1, -0.05) is 37.6 Å². The quantitative estimate of drug-likeness (QED) is 0.841. The molecule has 0 fully saturated rings. The van der Waals surface area contributed by atoms with Gasteiger partial charge in [0.25, 0.3) is 0 Å². The predicted octanol–water partition coefficient (Wildman–Crippen LogP) is 3.15. The number of amides is 1. The van der Waals surface area contributed by atoms with Gasteiger partial charge in [0.05, 0.1) is 6.54 Å². The van der Waals surface area contributed by atoms with Crippen molar-refractivity contribution in [3.63, 3.8) is 0 Å². The number of hydrogen-bond donors (Lipinski definition) is 2. The Balaban J connectivity index is 2.42. The van der Waals surface area contributed by atoms with Crippen molar-refractivity contribution in [1.82, 2.24) is 10.6 Å². The van der Waals surface area contributed by atoms with Crippen LogP contribution in [0.15, 0.2) is 24.3 Å². The highest BCUT2D eigenvalue weighted by atomic mass is 35.5. The number of nitrogens with one attached hydrogen (secondary N) is 2. The van der Waals surface area contributed by atoms with Crippen molar-refractivity contribution in [2.24, 2.45) is 5.92 Å². The van der Waals surface area contributed by atoms with Crippen molar-refractivity contribution >= 4 is 17.5 Å². The topological polar surface area (TPSA) is 41.1 Å². The smallest absolute Gasteiger partial charge is 0.234 e. The van der Waals surface area contributed by atoms with E-state index in [-0.39, 0.29) is 18.0 Å². The fourth-order valence-corrected chi connectivity index (χ4v) is 1.81. The summed E-state index contributed by atoms with van der Waals surface area (Å²) in [5, 5.41) is 6.88. The Morgan fingerprint density at radius 3 is 2.53 bits per heavy atom. The van der Waals surface area contributed by atoms with Crippen LogP contribution in [-0.4, -0.2) is 18.5 Å². The summed E-state index contributed by atoms with van der Waals surface area (Å²) in [6.07, 6.45) is 0. The minimum atomic E-state index is 0.0232. The molecule has 0 aliphatic heterocycles. The summed E-state index contributed by atoms with van der Waals surface area (Å²) >= 11 is 5.95. The zero-order chi connectivity index (χ0) is 14.4. The lowest BCUT2D eigenvalue weighted by Crippen LogP contribution is -2.41. The molecule has 0 heterocycles. The molecule has 1 rings (SSSR count). The third-order valence-electron chi connectivity index (χ3n) is 3.31.